The van der Waals surface area contributed by atoms with Crippen LogP contribution in [-0.4, -0.2) is 127 Å². The van der Waals surface area contributed by atoms with Crippen LogP contribution < -0.4 is 0 Å². The standard InChI is InChI=1S/C11HF22NO2.K/c12-2(13,1(35)36)9(28,29)34(10(30,31)5(18,19)3(14,15)7(22,23)24)11(32,33)6(20,21)4(16,17)8(25,26)27;/h(H,35,36);. The number of nitrogens with zero attached hydrogens (tertiary/aromatic N) is 1. The van der Waals surface area contributed by atoms with Gasteiger partial charge in [-0.15, -0.1) is 4.90 Å². The third kappa shape index (κ3) is 5.33. The van der Waals surface area contributed by atoms with E-state index in [9.17, 15) is 101 Å². The van der Waals surface area contributed by atoms with E-state index in [1.807, 2.05) is 0 Å². The summed E-state index contributed by atoms with van der Waals surface area (Å²) in [5, 5.41) is 7.76. The van der Waals surface area contributed by atoms with Gasteiger partial charge < -0.3 is 5.11 Å². The minimum Gasteiger partial charge on any atom is -0.477 e. The van der Waals surface area contributed by atoms with Crippen molar-refractivity contribution in [2.24, 2.45) is 0 Å². The topological polar surface area (TPSA) is 40.5 Å². The van der Waals surface area contributed by atoms with Gasteiger partial charge >= 0.3 is 66.1 Å². The molecular formula is C11HF22KNO2. The Balaban J connectivity index is 0. The van der Waals surface area contributed by atoms with Gasteiger partial charge in [0.25, 0.3) is 0 Å². The minimum atomic E-state index is -9.33. The molecule has 3 nitrogen and oxygen atoms in total. The van der Waals surface area contributed by atoms with Crippen molar-refractivity contribution < 1.29 is 106 Å². The average Bonchev–Trinajstić information content (AvgIpc) is 2.57. The molecule has 0 atom stereocenters. The number of hydrogen-bond donors (Lipinski definition) is 1. The van der Waals surface area contributed by atoms with Crippen LogP contribution >= 0.6 is 0 Å². The Labute approximate surface area is 228 Å². The van der Waals surface area contributed by atoms with E-state index in [-0.39, 0.29) is 51.4 Å². The van der Waals surface area contributed by atoms with E-state index < -0.39 is 71.0 Å². The molecule has 0 aromatic rings. The Hall–Kier alpha value is -0.474. The maximum atomic E-state index is 13.7. The van der Waals surface area contributed by atoms with Crippen LogP contribution in [0.5, 0.6) is 0 Å². The first-order valence-corrected chi connectivity index (χ1v) is 7.26. The van der Waals surface area contributed by atoms with Crippen molar-refractivity contribution in [2.75, 3.05) is 0 Å². The van der Waals surface area contributed by atoms with Gasteiger partial charge in [-0.05, 0) is 0 Å². The van der Waals surface area contributed by atoms with Crippen LogP contribution in [0.3, 0.4) is 0 Å². The number of carbonyl (C=O) groups is 1. The number of halogens is 22. The van der Waals surface area contributed by atoms with E-state index in [0.717, 1.165) is 0 Å². The molecule has 217 valence electrons. The molecule has 0 rings (SSSR count). The van der Waals surface area contributed by atoms with E-state index in [1.54, 1.807) is 0 Å². The van der Waals surface area contributed by atoms with Crippen molar-refractivity contribution >= 4 is 57.4 Å². The molecule has 0 aliphatic carbocycles. The summed E-state index contributed by atoms with van der Waals surface area (Å²) in [5.74, 6) is -48.5. The van der Waals surface area contributed by atoms with Crippen LogP contribution in [0, 0.1) is 0 Å². The third-order valence-corrected chi connectivity index (χ3v) is 3.75. The molecule has 1 N–H and O–H groups in total. The van der Waals surface area contributed by atoms with Crippen molar-refractivity contribution in [3.05, 3.63) is 0 Å². The van der Waals surface area contributed by atoms with Gasteiger partial charge in [-0.2, -0.15) is 96.6 Å². The zero-order valence-electron chi connectivity index (χ0n) is 16.1. The number of aliphatic carboxylic acids is 1. The Morgan fingerprint density at radius 2 is 0.649 bits per heavy atom. The van der Waals surface area contributed by atoms with Gasteiger partial charge in [0.05, 0.1) is 0 Å². The summed E-state index contributed by atoms with van der Waals surface area (Å²) in [6.45, 7) is 0. The molecule has 0 fully saturated rings. The molecule has 0 saturated heterocycles. The molecule has 0 spiro atoms. The third-order valence-electron chi connectivity index (χ3n) is 3.75. The fourth-order valence-corrected chi connectivity index (χ4v) is 1.81. The van der Waals surface area contributed by atoms with Crippen molar-refractivity contribution in [1.82, 2.24) is 4.90 Å². The second-order valence-electron chi connectivity index (χ2n) is 6.13. The SMILES string of the molecule is O=C(O)C(F)(F)C(F)(F)N(C(F)(F)C(F)(F)C(F)(F)C(F)(F)F)C(F)(F)C(F)(F)C(F)(F)C(F)(F)F.[K]. The maximum absolute atomic E-state index is 13.7. The van der Waals surface area contributed by atoms with Crippen LogP contribution in [0.1, 0.15) is 0 Å². The number of hydrogen-bond acceptors (Lipinski definition) is 2. The Morgan fingerprint density at radius 3 is 0.811 bits per heavy atom. The predicted octanol–water partition coefficient (Wildman–Crippen LogP) is 6.07. The number of carboxylic acids is 1. The molecule has 0 aliphatic heterocycles. The van der Waals surface area contributed by atoms with Crippen LogP contribution in [0.25, 0.3) is 0 Å². The first-order chi connectivity index (χ1) is 15.1. The molecule has 0 amide bonds. The molecule has 0 unspecified atom stereocenters. The van der Waals surface area contributed by atoms with Gasteiger partial charge in [0.1, 0.15) is 0 Å². The second-order valence-corrected chi connectivity index (χ2v) is 6.13. The zero-order valence-corrected chi connectivity index (χ0v) is 19.2. The van der Waals surface area contributed by atoms with Gasteiger partial charge in [-0.1, -0.05) is 0 Å². The number of rotatable bonds is 9. The summed E-state index contributed by atoms with van der Waals surface area (Å²) in [6, 6.07) is -27.5. The first kappa shape index (κ1) is 38.7. The Bertz CT molecular complexity index is 793. The molecule has 0 aliphatic rings. The summed E-state index contributed by atoms with van der Waals surface area (Å²) in [4.78, 5) is 4.48. The Morgan fingerprint density at radius 1 is 0.432 bits per heavy atom. The van der Waals surface area contributed by atoms with E-state index in [1.165, 1.54) is 0 Å². The van der Waals surface area contributed by atoms with E-state index in [4.69, 9.17) is 5.11 Å². The fourth-order valence-electron chi connectivity index (χ4n) is 1.81. The van der Waals surface area contributed by atoms with Crippen LogP contribution in [0.4, 0.5) is 96.6 Å². The average molecular weight is 636 g/mol. The monoisotopic (exact) mass is 636 g/mol. The van der Waals surface area contributed by atoms with Crippen molar-refractivity contribution in [2.45, 2.75) is 60.1 Å². The molecule has 1 radical (unpaired) electrons. The van der Waals surface area contributed by atoms with Crippen molar-refractivity contribution in [1.29, 1.82) is 0 Å². The summed E-state index contributed by atoms with van der Waals surface area (Å²) in [6.07, 6.45) is -16.4. The fraction of sp³-hybridized carbons (Fsp3) is 0.909. The van der Waals surface area contributed by atoms with E-state index in [2.05, 4.69) is 0 Å². The van der Waals surface area contributed by atoms with Gasteiger partial charge in [0.15, 0.2) is 0 Å². The summed E-state index contributed by atoms with van der Waals surface area (Å²) in [7, 11) is 0. The second kappa shape index (κ2) is 9.86. The molecule has 0 saturated carbocycles. The molecule has 37 heavy (non-hydrogen) atoms. The Kier molecular flexibility index (Phi) is 10.3. The van der Waals surface area contributed by atoms with E-state index >= 15 is 0 Å². The van der Waals surface area contributed by atoms with Gasteiger partial charge in [-0.25, -0.2) is 4.79 Å². The largest absolute Gasteiger partial charge is 0.477 e. The molecule has 0 heterocycles. The predicted molar refractivity (Wildman–Crippen MR) is 66.9 cm³/mol. The first-order valence-electron chi connectivity index (χ1n) is 7.26. The number of alkyl halides is 22. The quantitative estimate of drug-likeness (QED) is 0.190. The van der Waals surface area contributed by atoms with Crippen molar-refractivity contribution in [3.63, 3.8) is 0 Å². The molecule has 26 heteroatoms. The molecular weight excluding hydrogens is 635 g/mol. The molecule has 0 aromatic heterocycles. The normalized spacial score (nSPS) is 16.1. The van der Waals surface area contributed by atoms with Crippen LogP contribution in [0.2, 0.25) is 0 Å². The van der Waals surface area contributed by atoms with Gasteiger partial charge in [0, 0.05) is 51.4 Å². The minimum absolute atomic E-state index is 0. The summed E-state index contributed by atoms with van der Waals surface area (Å²) in [5.41, 5.74) is 0. The van der Waals surface area contributed by atoms with Crippen molar-refractivity contribution in [3.8, 4) is 0 Å². The molecule has 0 bridgehead atoms. The number of carboxylic acid groups (broad SMARTS) is 1. The summed E-state index contributed by atoms with van der Waals surface area (Å²) >= 11 is 0. The summed E-state index contributed by atoms with van der Waals surface area (Å²) < 4.78 is 285. The van der Waals surface area contributed by atoms with Gasteiger partial charge in [0.2, 0.25) is 0 Å². The van der Waals surface area contributed by atoms with E-state index in [0.29, 0.717) is 0 Å². The van der Waals surface area contributed by atoms with Crippen LogP contribution in [-0.2, 0) is 4.79 Å². The van der Waals surface area contributed by atoms with Gasteiger partial charge in [-0.3, -0.25) is 0 Å². The zero-order chi connectivity index (χ0) is 30.2. The molecule has 0 aromatic carbocycles. The maximum Gasteiger partial charge on any atom is 0.460 e. The smallest absolute Gasteiger partial charge is 0.460 e. The van der Waals surface area contributed by atoms with Crippen LogP contribution in [0.15, 0.2) is 0 Å².